The molecule has 2 aromatic rings. The van der Waals surface area contributed by atoms with E-state index in [0.717, 1.165) is 24.5 Å². The zero-order chi connectivity index (χ0) is 15.8. The van der Waals surface area contributed by atoms with E-state index in [2.05, 4.69) is 15.0 Å². The molecule has 6 nitrogen and oxygen atoms in total. The van der Waals surface area contributed by atoms with Gasteiger partial charge in [-0.15, -0.1) is 11.3 Å². The van der Waals surface area contributed by atoms with Crippen molar-refractivity contribution in [2.45, 2.75) is 31.4 Å². The van der Waals surface area contributed by atoms with Gasteiger partial charge in [-0.1, -0.05) is 0 Å². The van der Waals surface area contributed by atoms with Gasteiger partial charge in [0.25, 0.3) is 5.56 Å². The molecule has 4 rings (SSSR count). The first-order valence-corrected chi connectivity index (χ1v) is 9.00. The Morgan fingerprint density at radius 1 is 1.35 bits per heavy atom. The average Bonchev–Trinajstić information content (AvgIpc) is 3.20. The summed E-state index contributed by atoms with van der Waals surface area (Å²) in [6.07, 6.45) is 1.86. The van der Waals surface area contributed by atoms with Crippen molar-refractivity contribution in [3.05, 3.63) is 44.8 Å². The monoisotopic (exact) mass is 332 g/mol. The summed E-state index contributed by atoms with van der Waals surface area (Å²) >= 11 is 1.50. The Morgan fingerprint density at radius 3 is 2.87 bits per heavy atom. The number of thiazole rings is 1. The standard InChI is InChI=1S/C16H20N4O2S/c21-15(14-9-23-10-17-14)8-19-5-11(6-19)7-20-16(22)4-3-13(18-20)12-1-2-12/h3-4,9-12,15,21H,1-2,5-8H2. The van der Waals surface area contributed by atoms with Gasteiger partial charge in [0.2, 0.25) is 0 Å². The highest BCUT2D eigenvalue weighted by Gasteiger charge is 2.30. The summed E-state index contributed by atoms with van der Waals surface area (Å²) in [4.78, 5) is 18.3. The Balaban J connectivity index is 1.31. The van der Waals surface area contributed by atoms with E-state index in [4.69, 9.17) is 0 Å². The summed E-state index contributed by atoms with van der Waals surface area (Å²) in [6.45, 7) is 3.05. The molecule has 7 heteroatoms. The van der Waals surface area contributed by atoms with Crippen LogP contribution < -0.4 is 5.56 Å². The van der Waals surface area contributed by atoms with Crippen molar-refractivity contribution in [3.8, 4) is 0 Å². The smallest absolute Gasteiger partial charge is 0.266 e. The number of hydrogen-bond donors (Lipinski definition) is 1. The molecular formula is C16H20N4O2S. The Kier molecular flexibility index (Phi) is 4.00. The van der Waals surface area contributed by atoms with Crippen LogP contribution in [0.15, 0.2) is 27.8 Å². The average molecular weight is 332 g/mol. The van der Waals surface area contributed by atoms with E-state index in [-0.39, 0.29) is 5.56 Å². The molecule has 1 saturated heterocycles. The maximum atomic E-state index is 11.9. The normalized spacial score (nSPS) is 20.4. The van der Waals surface area contributed by atoms with Gasteiger partial charge in [0, 0.05) is 42.9 Å². The summed E-state index contributed by atoms with van der Waals surface area (Å²) < 4.78 is 1.62. The molecule has 0 aromatic carbocycles. The van der Waals surface area contributed by atoms with Crippen LogP contribution in [0.3, 0.4) is 0 Å². The minimum atomic E-state index is -0.527. The van der Waals surface area contributed by atoms with Crippen molar-refractivity contribution in [2.75, 3.05) is 19.6 Å². The number of aliphatic hydroxyl groups is 1. The summed E-state index contributed by atoms with van der Waals surface area (Å²) in [5, 5.41) is 16.5. The lowest BCUT2D eigenvalue weighted by Crippen LogP contribution is -2.50. The quantitative estimate of drug-likeness (QED) is 0.862. The van der Waals surface area contributed by atoms with E-state index in [9.17, 15) is 9.90 Å². The molecule has 1 aliphatic heterocycles. The molecule has 23 heavy (non-hydrogen) atoms. The van der Waals surface area contributed by atoms with Crippen molar-refractivity contribution < 1.29 is 5.11 Å². The Bertz CT molecular complexity index is 720. The third kappa shape index (κ3) is 3.36. The second-order valence-electron chi connectivity index (χ2n) is 6.57. The fourth-order valence-corrected chi connectivity index (χ4v) is 3.70. The molecule has 1 unspecified atom stereocenters. The van der Waals surface area contributed by atoms with Crippen molar-refractivity contribution in [1.82, 2.24) is 19.7 Å². The van der Waals surface area contributed by atoms with Gasteiger partial charge in [-0.2, -0.15) is 5.10 Å². The Morgan fingerprint density at radius 2 is 2.17 bits per heavy atom. The molecule has 1 saturated carbocycles. The van der Waals surface area contributed by atoms with Crippen LogP contribution in [0.1, 0.15) is 36.3 Å². The lowest BCUT2D eigenvalue weighted by atomic mass is 9.99. The fourth-order valence-electron chi connectivity index (χ4n) is 3.10. The van der Waals surface area contributed by atoms with Crippen molar-refractivity contribution in [1.29, 1.82) is 0 Å². The molecule has 122 valence electrons. The van der Waals surface area contributed by atoms with Crippen LogP contribution in [0.5, 0.6) is 0 Å². The van der Waals surface area contributed by atoms with Crippen LogP contribution in [0.4, 0.5) is 0 Å². The van der Waals surface area contributed by atoms with Gasteiger partial charge in [0.05, 0.1) is 23.4 Å². The molecule has 0 bridgehead atoms. The van der Waals surface area contributed by atoms with Gasteiger partial charge in [0.1, 0.15) is 6.10 Å². The van der Waals surface area contributed by atoms with E-state index in [1.807, 2.05) is 11.4 Å². The Labute approximate surface area is 138 Å². The largest absolute Gasteiger partial charge is 0.385 e. The van der Waals surface area contributed by atoms with Crippen LogP contribution in [0.2, 0.25) is 0 Å². The van der Waals surface area contributed by atoms with Crippen molar-refractivity contribution in [2.24, 2.45) is 5.92 Å². The highest BCUT2D eigenvalue weighted by molar-refractivity contribution is 7.07. The maximum absolute atomic E-state index is 11.9. The predicted octanol–water partition coefficient (Wildman–Crippen LogP) is 1.24. The molecular weight excluding hydrogens is 312 g/mol. The number of nitrogens with zero attached hydrogens (tertiary/aromatic N) is 4. The number of rotatable bonds is 6. The number of aromatic nitrogens is 3. The third-order valence-corrected chi connectivity index (χ3v) is 5.18. The maximum Gasteiger partial charge on any atom is 0.266 e. The third-order valence-electron chi connectivity index (χ3n) is 4.57. The minimum absolute atomic E-state index is 0.0182. The summed E-state index contributed by atoms with van der Waals surface area (Å²) in [6, 6.07) is 3.51. The first-order chi connectivity index (χ1) is 11.2. The fraction of sp³-hybridized carbons (Fsp3) is 0.562. The minimum Gasteiger partial charge on any atom is -0.385 e. The van der Waals surface area contributed by atoms with Gasteiger partial charge in [-0.25, -0.2) is 9.67 Å². The van der Waals surface area contributed by atoms with Crippen LogP contribution in [0, 0.1) is 5.92 Å². The second kappa shape index (κ2) is 6.14. The van der Waals surface area contributed by atoms with Gasteiger partial charge >= 0.3 is 0 Å². The molecule has 1 N–H and O–H groups in total. The van der Waals surface area contributed by atoms with Gasteiger partial charge in [-0.3, -0.25) is 9.69 Å². The number of hydrogen-bond acceptors (Lipinski definition) is 6. The number of aliphatic hydroxyl groups excluding tert-OH is 1. The highest BCUT2D eigenvalue weighted by Crippen LogP contribution is 2.38. The Hall–Kier alpha value is -1.57. The van der Waals surface area contributed by atoms with E-state index in [1.54, 1.807) is 16.3 Å². The van der Waals surface area contributed by atoms with E-state index < -0.39 is 6.10 Å². The first kappa shape index (κ1) is 15.0. The number of likely N-dealkylation sites (tertiary alicyclic amines) is 1. The molecule has 2 aliphatic rings. The SMILES string of the molecule is O=c1ccc(C2CC2)nn1CC1CN(CC(O)c2cscn2)C1. The van der Waals surface area contributed by atoms with Crippen LogP contribution >= 0.6 is 11.3 Å². The van der Waals surface area contributed by atoms with Gasteiger partial charge in [0.15, 0.2) is 0 Å². The summed E-state index contributed by atoms with van der Waals surface area (Å²) in [7, 11) is 0. The molecule has 0 spiro atoms. The van der Waals surface area contributed by atoms with Crippen LogP contribution in [0.25, 0.3) is 0 Å². The van der Waals surface area contributed by atoms with Gasteiger partial charge < -0.3 is 5.11 Å². The molecule has 2 aromatic heterocycles. The van der Waals surface area contributed by atoms with Gasteiger partial charge in [-0.05, 0) is 18.9 Å². The second-order valence-corrected chi connectivity index (χ2v) is 7.29. The zero-order valence-corrected chi connectivity index (χ0v) is 13.7. The van der Waals surface area contributed by atoms with E-state index in [1.165, 1.54) is 24.2 Å². The highest BCUT2D eigenvalue weighted by atomic mass is 32.1. The van der Waals surface area contributed by atoms with Crippen molar-refractivity contribution >= 4 is 11.3 Å². The molecule has 0 amide bonds. The molecule has 1 atom stereocenters. The van der Waals surface area contributed by atoms with Crippen LogP contribution in [-0.2, 0) is 6.54 Å². The molecule has 0 radical (unpaired) electrons. The van der Waals surface area contributed by atoms with E-state index >= 15 is 0 Å². The summed E-state index contributed by atoms with van der Waals surface area (Å²) in [5.41, 5.74) is 3.52. The lowest BCUT2D eigenvalue weighted by molar-refractivity contribution is 0.0299. The van der Waals surface area contributed by atoms with E-state index in [0.29, 0.717) is 24.9 Å². The summed E-state index contributed by atoms with van der Waals surface area (Å²) in [5.74, 6) is 0.991. The number of β-amino-alcohol motifs (C(OH)–C–C–N with tert-alkyl or cyclic N) is 1. The first-order valence-electron chi connectivity index (χ1n) is 8.05. The molecule has 2 fully saturated rings. The van der Waals surface area contributed by atoms with Crippen molar-refractivity contribution in [3.63, 3.8) is 0 Å². The molecule has 1 aliphatic carbocycles. The molecule has 3 heterocycles. The zero-order valence-electron chi connectivity index (χ0n) is 12.8. The predicted molar refractivity (Wildman–Crippen MR) is 87.5 cm³/mol. The topological polar surface area (TPSA) is 71.2 Å². The van der Waals surface area contributed by atoms with Crippen LogP contribution in [-0.4, -0.2) is 44.4 Å². The lowest BCUT2D eigenvalue weighted by Gasteiger charge is -2.40.